The number of hydrogen-bond donors (Lipinski definition) is 2. The number of carbonyl (C=O) groups is 2. The topological polar surface area (TPSA) is 88.9 Å². The second kappa shape index (κ2) is 9.65. The fraction of sp³-hybridized carbons (Fsp3) is 0.231. The first-order valence-electron chi connectivity index (χ1n) is 11.1. The van der Waals surface area contributed by atoms with Crippen LogP contribution in [0.3, 0.4) is 0 Å². The molecule has 0 spiro atoms. The lowest BCUT2D eigenvalue weighted by Crippen LogP contribution is -2.23. The van der Waals surface area contributed by atoms with Crippen molar-refractivity contribution in [3.8, 4) is 11.3 Å². The van der Waals surface area contributed by atoms with E-state index in [0.29, 0.717) is 35.4 Å². The zero-order valence-electron chi connectivity index (χ0n) is 19.0. The summed E-state index contributed by atoms with van der Waals surface area (Å²) in [4.78, 5) is 30.0. The fourth-order valence-electron chi connectivity index (χ4n) is 3.55. The summed E-state index contributed by atoms with van der Waals surface area (Å²) in [7, 11) is 0. The molecular weight excluding hydrogens is 414 g/mol. The van der Waals surface area contributed by atoms with Crippen LogP contribution in [0.15, 0.2) is 66.9 Å². The van der Waals surface area contributed by atoms with Gasteiger partial charge in [0.15, 0.2) is 5.65 Å². The minimum atomic E-state index is -0.202. The molecule has 0 fully saturated rings. The van der Waals surface area contributed by atoms with Gasteiger partial charge in [0, 0.05) is 30.3 Å². The van der Waals surface area contributed by atoms with Gasteiger partial charge >= 0.3 is 0 Å². The summed E-state index contributed by atoms with van der Waals surface area (Å²) < 4.78 is 1.79. The summed E-state index contributed by atoms with van der Waals surface area (Å²) in [5.41, 5.74) is 4.48. The third kappa shape index (κ3) is 4.92. The quantitative estimate of drug-likeness (QED) is 0.437. The SMILES string of the molecule is CCn1ncc2c(C(=O)NCc3cccc(NC(=O)C(C)C)c3)cc(-c3ccccc3)nc21. The van der Waals surface area contributed by atoms with Gasteiger partial charge in [0.25, 0.3) is 5.91 Å². The number of nitrogens with zero attached hydrogens (tertiary/aromatic N) is 3. The lowest BCUT2D eigenvalue weighted by Gasteiger charge is -2.11. The molecular formula is C26H27N5O2. The van der Waals surface area contributed by atoms with Crippen molar-refractivity contribution in [3.63, 3.8) is 0 Å². The van der Waals surface area contributed by atoms with Crippen molar-refractivity contribution in [3.05, 3.63) is 78.0 Å². The minimum absolute atomic E-state index is 0.0447. The molecule has 0 atom stereocenters. The molecule has 0 aliphatic heterocycles. The van der Waals surface area contributed by atoms with E-state index in [0.717, 1.165) is 16.8 Å². The average molecular weight is 442 g/mol. The van der Waals surface area contributed by atoms with Crippen LogP contribution in [-0.4, -0.2) is 26.6 Å². The Morgan fingerprint density at radius 1 is 1.03 bits per heavy atom. The first-order chi connectivity index (χ1) is 16.0. The Labute approximate surface area is 192 Å². The number of amides is 2. The van der Waals surface area contributed by atoms with Crippen LogP contribution in [0, 0.1) is 5.92 Å². The van der Waals surface area contributed by atoms with Crippen LogP contribution in [0.1, 0.15) is 36.7 Å². The Bertz CT molecular complexity index is 1290. The van der Waals surface area contributed by atoms with E-state index in [9.17, 15) is 9.59 Å². The van der Waals surface area contributed by atoms with Crippen molar-refractivity contribution in [2.24, 2.45) is 5.92 Å². The predicted molar refractivity (Wildman–Crippen MR) is 130 cm³/mol. The molecule has 0 aliphatic rings. The molecule has 0 aliphatic carbocycles. The average Bonchev–Trinajstić information content (AvgIpc) is 3.25. The molecule has 2 aromatic carbocycles. The maximum Gasteiger partial charge on any atom is 0.252 e. The van der Waals surface area contributed by atoms with E-state index in [4.69, 9.17) is 4.98 Å². The van der Waals surface area contributed by atoms with Crippen LogP contribution in [-0.2, 0) is 17.9 Å². The van der Waals surface area contributed by atoms with Crippen LogP contribution >= 0.6 is 0 Å². The van der Waals surface area contributed by atoms with Gasteiger partial charge in [-0.25, -0.2) is 9.67 Å². The maximum absolute atomic E-state index is 13.2. The van der Waals surface area contributed by atoms with Gasteiger partial charge in [0.1, 0.15) is 0 Å². The summed E-state index contributed by atoms with van der Waals surface area (Å²) >= 11 is 0. The molecule has 0 radical (unpaired) electrons. The largest absolute Gasteiger partial charge is 0.348 e. The number of hydrogen-bond acceptors (Lipinski definition) is 4. The van der Waals surface area contributed by atoms with E-state index in [1.807, 2.05) is 81.4 Å². The van der Waals surface area contributed by atoms with Gasteiger partial charge in [-0.05, 0) is 30.7 Å². The molecule has 0 bridgehead atoms. The molecule has 2 amide bonds. The van der Waals surface area contributed by atoms with Crippen molar-refractivity contribution in [2.75, 3.05) is 5.32 Å². The number of aromatic nitrogens is 3. The molecule has 168 valence electrons. The Morgan fingerprint density at radius 2 is 1.82 bits per heavy atom. The molecule has 4 aromatic rings. The third-order valence-corrected chi connectivity index (χ3v) is 5.39. The second-order valence-electron chi connectivity index (χ2n) is 8.15. The molecule has 7 heteroatoms. The van der Waals surface area contributed by atoms with Crippen LogP contribution < -0.4 is 10.6 Å². The van der Waals surface area contributed by atoms with Crippen molar-refractivity contribution in [1.29, 1.82) is 0 Å². The molecule has 33 heavy (non-hydrogen) atoms. The standard InChI is InChI=1S/C26H27N5O2/c1-4-31-24-22(16-28-31)21(14-23(30-24)19-10-6-5-7-11-19)26(33)27-15-18-9-8-12-20(13-18)29-25(32)17(2)3/h5-14,16-17H,4,15H2,1-3H3,(H,27,33)(H,29,32). The minimum Gasteiger partial charge on any atom is -0.348 e. The first kappa shape index (κ1) is 22.2. The Hall–Kier alpha value is -4.00. The lowest BCUT2D eigenvalue weighted by molar-refractivity contribution is -0.118. The van der Waals surface area contributed by atoms with Crippen LogP contribution in [0.4, 0.5) is 5.69 Å². The Kier molecular flexibility index (Phi) is 6.49. The van der Waals surface area contributed by atoms with E-state index in [1.54, 1.807) is 10.9 Å². The number of anilines is 1. The lowest BCUT2D eigenvalue weighted by atomic mass is 10.1. The summed E-state index contributed by atoms with van der Waals surface area (Å²) in [5, 5.41) is 11.0. The van der Waals surface area contributed by atoms with Crippen molar-refractivity contribution < 1.29 is 9.59 Å². The van der Waals surface area contributed by atoms with Gasteiger partial charge in [-0.15, -0.1) is 0 Å². The van der Waals surface area contributed by atoms with Crippen LogP contribution in [0.2, 0.25) is 0 Å². The molecule has 7 nitrogen and oxygen atoms in total. The third-order valence-electron chi connectivity index (χ3n) is 5.39. The van der Waals surface area contributed by atoms with E-state index >= 15 is 0 Å². The zero-order chi connectivity index (χ0) is 23.4. The monoisotopic (exact) mass is 441 g/mol. The molecule has 2 aromatic heterocycles. The van der Waals surface area contributed by atoms with Crippen molar-refractivity contribution in [1.82, 2.24) is 20.1 Å². The van der Waals surface area contributed by atoms with Gasteiger partial charge in [0.05, 0.1) is 22.8 Å². The summed E-state index contributed by atoms with van der Waals surface area (Å²) in [6.07, 6.45) is 1.69. The number of benzene rings is 2. The number of aryl methyl sites for hydroxylation is 1. The first-order valence-corrected chi connectivity index (χ1v) is 11.1. The molecule has 4 rings (SSSR count). The Morgan fingerprint density at radius 3 is 2.55 bits per heavy atom. The zero-order valence-corrected chi connectivity index (χ0v) is 19.0. The van der Waals surface area contributed by atoms with E-state index < -0.39 is 0 Å². The highest BCUT2D eigenvalue weighted by Crippen LogP contribution is 2.25. The van der Waals surface area contributed by atoms with Gasteiger partial charge in [-0.2, -0.15) is 5.10 Å². The molecule has 2 N–H and O–H groups in total. The molecule has 0 saturated carbocycles. The predicted octanol–water partition coefficient (Wildman–Crippen LogP) is 4.64. The van der Waals surface area contributed by atoms with E-state index in [2.05, 4.69) is 15.7 Å². The molecule has 0 unspecified atom stereocenters. The van der Waals surface area contributed by atoms with Crippen LogP contribution in [0.5, 0.6) is 0 Å². The number of nitrogens with one attached hydrogen (secondary N) is 2. The van der Waals surface area contributed by atoms with Crippen LogP contribution in [0.25, 0.3) is 22.3 Å². The molecule has 0 saturated heterocycles. The van der Waals surface area contributed by atoms with Crippen molar-refractivity contribution >= 4 is 28.5 Å². The van der Waals surface area contributed by atoms with Crippen molar-refractivity contribution in [2.45, 2.75) is 33.9 Å². The number of fused-ring (bicyclic) bond motifs is 1. The number of carbonyl (C=O) groups excluding carboxylic acids is 2. The highest BCUT2D eigenvalue weighted by Gasteiger charge is 2.17. The van der Waals surface area contributed by atoms with Gasteiger partial charge in [-0.1, -0.05) is 56.3 Å². The number of rotatable bonds is 7. The van der Waals surface area contributed by atoms with E-state index in [-0.39, 0.29) is 17.7 Å². The van der Waals surface area contributed by atoms with Gasteiger partial charge in [-0.3, -0.25) is 9.59 Å². The summed E-state index contributed by atoms with van der Waals surface area (Å²) in [6.45, 7) is 6.67. The maximum atomic E-state index is 13.2. The normalized spacial score (nSPS) is 11.0. The summed E-state index contributed by atoms with van der Waals surface area (Å²) in [5.74, 6) is -0.353. The highest BCUT2D eigenvalue weighted by atomic mass is 16.2. The fourth-order valence-corrected chi connectivity index (χ4v) is 3.55. The smallest absolute Gasteiger partial charge is 0.252 e. The van der Waals surface area contributed by atoms with Gasteiger partial charge in [0.2, 0.25) is 5.91 Å². The van der Waals surface area contributed by atoms with Gasteiger partial charge < -0.3 is 10.6 Å². The molecule has 2 heterocycles. The van der Waals surface area contributed by atoms with E-state index in [1.165, 1.54) is 0 Å². The second-order valence-corrected chi connectivity index (χ2v) is 8.15. The number of pyridine rings is 1. The highest BCUT2D eigenvalue weighted by molar-refractivity contribution is 6.06. The summed E-state index contributed by atoms with van der Waals surface area (Å²) in [6, 6.07) is 19.1. The Balaban J connectivity index is 1.60.